The Balaban J connectivity index is 1.60. The molecule has 4 fully saturated rings. The number of carbonyl (C=O) groups is 1. The van der Waals surface area contributed by atoms with E-state index in [0.717, 1.165) is 37.0 Å². The molecule has 2 heteroatoms. The highest BCUT2D eigenvalue weighted by Gasteiger charge is 2.55. The minimum absolute atomic E-state index is 0.0803. The van der Waals surface area contributed by atoms with E-state index >= 15 is 0 Å². The van der Waals surface area contributed by atoms with E-state index in [-0.39, 0.29) is 11.4 Å². The molecule has 0 aromatic heterocycles. The normalized spacial score (nSPS) is 40.4. The van der Waals surface area contributed by atoms with Gasteiger partial charge in [0.2, 0.25) is 0 Å². The molecule has 4 aliphatic rings. The van der Waals surface area contributed by atoms with Gasteiger partial charge >= 0.3 is 5.97 Å². The molecular formula is C17H24O2. The van der Waals surface area contributed by atoms with Crippen LogP contribution < -0.4 is 0 Å². The van der Waals surface area contributed by atoms with E-state index in [9.17, 15) is 4.79 Å². The topological polar surface area (TPSA) is 26.3 Å². The number of rotatable bonds is 4. The lowest BCUT2D eigenvalue weighted by Gasteiger charge is -2.55. The molecular weight excluding hydrogens is 236 g/mol. The zero-order valence-corrected chi connectivity index (χ0v) is 11.8. The molecule has 19 heavy (non-hydrogen) atoms. The summed E-state index contributed by atoms with van der Waals surface area (Å²) in [5.41, 5.74) is -0.108. The molecule has 0 spiro atoms. The van der Waals surface area contributed by atoms with Crippen molar-refractivity contribution >= 4 is 5.97 Å². The van der Waals surface area contributed by atoms with Crippen molar-refractivity contribution in [2.75, 3.05) is 6.61 Å². The Bertz CT molecular complexity index is 370. The van der Waals surface area contributed by atoms with Gasteiger partial charge in [0, 0.05) is 0 Å². The maximum Gasteiger partial charge on any atom is 0.312 e. The molecule has 4 saturated carbocycles. The second-order valence-corrected chi connectivity index (χ2v) is 6.75. The zero-order valence-electron chi connectivity index (χ0n) is 11.8. The lowest BCUT2D eigenvalue weighted by Crippen LogP contribution is -2.50. The third-order valence-electron chi connectivity index (χ3n) is 5.22. The number of esters is 1. The Labute approximate surface area is 115 Å². The van der Waals surface area contributed by atoms with E-state index in [1.54, 1.807) is 0 Å². The molecule has 0 atom stereocenters. The van der Waals surface area contributed by atoms with Gasteiger partial charge in [-0.25, -0.2) is 0 Å². The highest BCUT2D eigenvalue weighted by Crippen LogP contribution is 2.60. The first-order chi connectivity index (χ1) is 9.22. The van der Waals surface area contributed by atoms with Crippen LogP contribution >= 0.6 is 0 Å². The first kappa shape index (κ1) is 13.0. The van der Waals surface area contributed by atoms with E-state index in [0.29, 0.717) is 6.61 Å². The number of hydrogen-bond donors (Lipinski definition) is 0. The molecule has 0 aromatic rings. The van der Waals surface area contributed by atoms with E-state index in [2.05, 4.69) is 0 Å². The first-order valence-corrected chi connectivity index (χ1v) is 7.67. The van der Waals surface area contributed by atoms with Gasteiger partial charge in [-0.05, 0) is 69.3 Å². The molecule has 0 saturated heterocycles. The highest BCUT2D eigenvalue weighted by atomic mass is 16.5. The SMILES string of the molecule is C/C=C/C=C/COC(=O)C12CC3CC(CC(C3)C1)C2. The standard InChI is InChI=1S/C17H24O2/c1-2-3-4-5-6-19-16(18)17-10-13-7-14(11-17)9-15(8-13)12-17/h2-5,13-15H,6-12H2,1H3/b3-2+,5-4+. The third-order valence-corrected chi connectivity index (χ3v) is 5.22. The Morgan fingerprint density at radius 2 is 1.68 bits per heavy atom. The average molecular weight is 260 g/mol. The lowest BCUT2D eigenvalue weighted by atomic mass is 9.49. The van der Waals surface area contributed by atoms with Crippen LogP contribution in [0, 0.1) is 23.2 Å². The van der Waals surface area contributed by atoms with Crippen molar-refractivity contribution in [2.24, 2.45) is 23.2 Å². The summed E-state index contributed by atoms with van der Waals surface area (Å²) in [5, 5.41) is 0. The van der Waals surface area contributed by atoms with Crippen LogP contribution in [0.1, 0.15) is 45.4 Å². The largest absolute Gasteiger partial charge is 0.461 e. The molecule has 0 amide bonds. The molecule has 104 valence electrons. The summed E-state index contributed by atoms with van der Waals surface area (Å²) in [4.78, 5) is 12.5. The number of carbonyl (C=O) groups excluding carboxylic acids is 1. The van der Waals surface area contributed by atoms with Gasteiger partial charge in [0.15, 0.2) is 0 Å². The van der Waals surface area contributed by atoms with Crippen LogP contribution in [0.2, 0.25) is 0 Å². The summed E-state index contributed by atoms with van der Waals surface area (Å²) in [6.07, 6.45) is 15.2. The van der Waals surface area contributed by atoms with Crippen molar-refractivity contribution in [2.45, 2.75) is 45.4 Å². The Morgan fingerprint density at radius 3 is 2.21 bits per heavy atom. The van der Waals surface area contributed by atoms with Crippen molar-refractivity contribution in [1.29, 1.82) is 0 Å². The Kier molecular flexibility index (Phi) is 3.51. The van der Waals surface area contributed by atoms with Crippen molar-refractivity contribution in [1.82, 2.24) is 0 Å². The van der Waals surface area contributed by atoms with E-state index in [1.165, 1.54) is 19.3 Å². The van der Waals surface area contributed by atoms with Crippen LogP contribution in [-0.2, 0) is 9.53 Å². The van der Waals surface area contributed by atoms with Gasteiger partial charge in [-0.1, -0.05) is 18.2 Å². The summed E-state index contributed by atoms with van der Waals surface area (Å²) < 4.78 is 5.51. The van der Waals surface area contributed by atoms with Crippen molar-refractivity contribution in [3.8, 4) is 0 Å². The summed E-state index contributed by atoms with van der Waals surface area (Å²) >= 11 is 0. The molecule has 2 nitrogen and oxygen atoms in total. The molecule has 0 N–H and O–H groups in total. The molecule has 0 aromatic carbocycles. The summed E-state index contributed by atoms with van der Waals surface area (Å²) in [6.45, 7) is 2.40. The second-order valence-electron chi connectivity index (χ2n) is 6.75. The van der Waals surface area contributed by atoms with Gasteiger partial charge in [-0.3, -0.25) is 4.79 Å². The predicted molar refractivity (Wildman–Crippen MR) is 75.5 cm³/mol. The van der Waals surface area contributed by atoms with Gasteiger partial charge in [-0.15, -0.1) is 0 Å². The zero-order chi connectivity index (χ0) is 13.3. The highest BCUT2D eigenvalue weighted by molar-refractivity contribution is 5.77. The van der Waals surface area contributed by atoms with Gasteiger partial charge in [0.25, 0.3) is 0 Å². The number of allylic oxidation sites excluding steroid dienone is 3. The smallest absolute Gasteiger partial charge is 0.312 e. The summed E-state index contributed by atoms with van der Waals surface area (Å²) in [7, 11) is 0. The van der Waals surface area contributed by atoms with Crippen LogP contribution in [0.5, 0.6) is 0 Å². The van der Waals surface area contributed by atoms with Gasteiger partial charge in [0.1, 0.15) is 6.61 Å². The van der Waals surface area contributed by atoms with Crippen molar-refractivity contribution < 1.29 is 9.53 Å². The maximum atomic E-state index is 12.5. The number of ether oxygens (including phenoxy) is 1. The van der Waals surface area contributed by atoms with Crippen LogP contribution in [0.25, 0.3) is 0 Å². The lowest BCUT2D eigenvalue weighted by molar-refractivity contribution is -0.170. The molecule has 4 bridgehead atoms. The molecule has 4 aliphatic carbocycles. The number of hydrogen-bond acceptors (Lipinski definition) is 2. The van der Waals surface area contributed by atoms with Gasteiger partial charge in [-0.2, -0.15) is 0 Å². The maximum absolute atomic E-state index is 12.5. The third kappa shape index (κ3) is 2.50. The quantitative estimate of drug-likeness (QED) is 0.566. The van der Waals surface area contributed by atoms with Gasteiger partial charge < -0.3 is 4.74 Å². The van der Waals surface area contributed by atoms with E-state index in [1.807, 2.05) is 31.2 Å². The monoisotopic (exact) mass is 260 g/mol. The Morgan fingerprint density at radius 1 is 1.11 bits per heavy atom. The fourth-order valence-corrected chi connectivity index (χ4v) is 4.88. The molecule has 4 rings (SSSR count). The van der Waals surface area contributed by atoms with Gasteiger partial charge in [0.05, 0.1) is 5.41 Å². The van der Waals surface area contributed by atoms with Crippen molar-refractivity contribution in [3.63, 3.8) is 0 Å². The fraction of sp³-hybridized carbons (Fsp3) is 0.706. The van der Waals surface area contributed by atoms with Crippen molar-refractivity contribution in [3.05, 3.63) is 24.3 Å². The van der Waals surface area contributed by atoms with E-state index < -0.39 is 0 Å². The van der Waals surface area contributed by atoms with Crippen LogP contribution in [0.15, 0.2) is 24.3 Å². The molecule has 0 unspecified atom stereocenters. The molecule has 0 aliphatic heterocycles. The summed E-state index contributed by atoms with van der Waals surface area (Å²) in [6, 6.07) is 0. The van der Waals surface area contributed by atoms with Crippen LogP contribution in [0.4, 0.5) is 0 Å². The van der Waals surface area contributed by atoms with Crippen LogP contribution in [-0.4, -0.2) is 12.6 Å². The Hall–Kier alpha value is -1.05. The minimum atomic E-state index is -0.108. The summed E-state index contributed by atoms with van der Waals surface area (Å²) in [5.74, 6) is 2.49. The minimum Gasteiger partial charge on any atom is -0.461 e. The van der Waals surface area contributed by atoms with Crippen LogP contribution in [0.3, 0.4) is 0 Å². The first-order valence-electron chi connectivity index (χ1n) is 7.67. The van der Waals surface area contributed by atoms with E-state index in [4.69, 9.17) is 4.74 Å². The second kappa shape index (κ2) is 5.15. The predicted octanol–water partition coefficient (Wildman–Crippen LogP) is 3.88. The molecule has 0 heterocycles. The fourth-order valence-electron chi connectivity index (χ4n) is 4.88. The average Bonchev–Trinajstić information content (AvgIpc) is 2.36. The molecule has 0 radical (unpaired) electrons.